The summed E-state index contributed by atoms with van der Waals surface area (Å²) in [6.07, 6.45) is 0.687. The van der Waals surface area contributed by atoms with Gasteiger partial charge in [0.15, 0.2) is 0 Å². The number of hydrogen-bond donors (Lipinski definition) is 1. The summed E-state index contributed by atoms with van der Waals surface area (Å²) in [5.74, 6) is -0.0332. The number of carbonyl (C=O) groups is 1. The second-order valence-corrected chi connectivity index (χ2v) is 2.58. The quantitative estimate of drug-likeness (QED) is 0.700. The summed E-state index contributed by atoms with van der Waals surface area (Å²) >= 11 is 0. The van der Waals surface area contributed by atoms with Crippen molar-refractivity contribution >= 4 is 5.97 Å². The highest BCUT2D eigenvalue weighted by molar-refractivity contribution is 5.66. The molecule has 1 N–H and O–H groups in total. The molecule has 69 valence electrons. The molecule has 0 heterocycles. The maximum atomic E-state index is 10.2. The smallest absolute Gasteiger partial charge is 0.303 e. The maximum absolute atomic E-state index is 10.2. The average molecular weight is 179 g/mol. The van der Waals surface area contributed by atoms with Gasteiger partial charge in [0.1, 0.15) is 5.75 Å². The van der Waals surface area contributed by atoms with Crippen LogP contribution >= 0.6 is 0 Å². The van der Waals surface area contributed by atoms with E-state index >= 15 is 0 Å². The van der Waals surface area contributed by atoms with E-state index in [-0.39, 0.29) is 6.42 Å². The van der Waals surface area contributed by atoms with E-state index in [9.17, 15) is 4.79 Å². The summed E-state index contributed by atoms with van der Waals surface area (Å²) in [6, 6.07) is 9.97. The third-order valence-electron chi connectivity index (χ3n) is 1.49. The first-order valence-electron chi connectivity index (χ1n) is 4.10. The van der Waals surface area contributed by atoms with Crippen molar-refractivity contribution in [2.75, 3.05) is 6.61 Å². The van der Waals surface area contributed by atoms with Crippen molar-refractivity contribution in [2.24, 2.45) is 0 Å². The van der Waals surface area contributed by atoms with Gasteiger partial charge in [-0.15, -0.1) is 0 Å². The molecule has 0 aromatic heterocycles. The van der Waals surface area contributed by atoms with E-state index in [0.29, 0.717) is 13.0 Å². The van der Waals surface area contributed by atoms with Crippen LogP contribution in [0.4, 0.5) is 0 Å². The fourth-order valence-corrected chi connectivity index (χ4v) is 0.881. The van der Waals surface area contributed by atoms with Crippen LogP contribution in [0, 0.1) is 6.07 Å². The third kappa shape index (κ3) is 4.15. The Bertz CT molecular complexity index is 256. The lowest BCUT2D eigenvalue weighted by molar-refractivity contribution is -0.137. The van der Waals surface area contributed by atoms with E-state index in [1.165, 1.54) is 0 Å². The van der Waals surface area contributed by atoms with E-state index < -0.39 is 5.97 Å². The molecular formula is C10H11O3. The van der Waals surface area contributed by atoms with E-state index in [1.54, 1.807) is 24.3 Å². The van der Waals surface area contributed by atoms with E-state index in [4.69, 9.17) is 9.84 Å². The molecule has 1 rings (SSSR count). The molecule has 1 aromatic rings. The fraction of sp³-hybridized carbons (Fsp3) is 0.300. The van der Waals surface area contributed by atoms with Crippen molar-refractivity contribution in [1.82, 2.24) is 0 Å². The molecule has 0 fully saturated rings. The molecule has 0 aliphatic carbocycles. The SMILES string of the molecule is O=C(O)CCCOc1cc[c]cc1. The Morgan fingerprint density at radius 3 is 2.77 bits per heavy atom. The monoisotopic (exact) mass is 179 g/mol. The summed E-state index contributed by atoms with van der Waals surface area (Å²) in [7, 11) is 0. The molecule has 3 heteroatoms. The van der Waals surface area contributed by atoms with Gasteiger partial charge in [-0.2, -0.15) is 0 Å². The Morgan fingerprint density at radius 1 is 1.46 bits per heavy atom. The zero-order valence-corrected chi connectivity index (χ0v) is 7.19. The van der Waals surface area contributed by atoms with Crippen molar-refractivity contribution in [3.05, 3.63) is 30.3 Å². The van der Waals surface area contributed by atoms with Crippen molar-refractivity contribution in [2.45, 2.75) is 12.8 Å². The average Bonchev–Trinajstić information content (AvgIpc) is 2.14. The molecule has 0 amide bonds. The van der Waals surface area contributed by atoms with Crippen LogP contribution in [-0.2, 0) is 4.79 Å². The first-order chi connectivity index (χ1) is 6.29. The summed E-state index contributed by atoms with van der Waals surface area (Å²) in [6.45, 7) is 0.441. The van der Waals surface area contributed by atoms with Crippen LogP contribution in [0.25, 0.3) is 0 Å². The number of aliphatic carboxylic acids is 1. The van der Waals surface area contributed by atoms with Crippen molar-refractivity contribution < 1.29 is 14.6 Å². The molecule has 1 aromatic carbocycles. The molecule has 0 saturated carbocycles. The molecule has 0 atom stereocenters. The highest BCUT2D eigenvalue weighted by Crippen LogP contribution is 2.08. The van der Waals surface area contributed by atoms with Crippen LogP contribution < -0.4 is 4.74 Å². The molecule has 0 aliphatic rings. The van der Waals surface area contributed by atoms with Crippen molar-refractivity contribution in [3.8, 4) is 5.75 Å². The van der Waals surface area contributed by atoms with Crippen LogP contribution in [0.3, 0.4) is 0 Å². The van der Waals surface area contributed by atoms with E-state index in [2.05, 4.69) is 6.07 Å². The Kier molecular flexibility index (Phi) is 3.82. The second kappa shape index (κ2) is 5.19. The molecule has 0 aliphatic heterocycles. The van der Waals surface area contributed by atoms with Crippen molar-refractivity contribution in [3.63, 3.8) is 0 Å². The zero-order chi connectivity index (χ0) is 9.52. The summed E-state index contributed by atoms with van der Waals surface area (Å²) in [5.41, 5.74) is 0. The second-order valence-electron chi connectivity index (χ2n) is 2.58. The zero-order valence-electron chi connectivity index (χ0n) is 7.19. The van der Waals surface area contributed by atoms with Gasteiger partial charge in [0.05, 0.1) is 6.61 Å². The standard InChI is InChI=1S/C10H11O3/c11-10(12)7-4-8-13-9-5-2-1-3-6-9/h2-3,5-6H,4,7-8H2,(H,11,12). The topological polar surface area (TPSA) is 46.5 Å². The predicted octanol–water partition coefficient (Wildman–Crippen LogP) is 1.73. The van der Waals surface area contributed by atoms with E-state index in [0.717, 1.165) is 5.75 Å². The largest absolute Gasteiger partial charge is 0.494 e. The number of ether oxygens (including phenoxy) is 1. The Morgan fingerprint density at radius 2 is 2.15 bits per heavy atom. The highest BCUT2D eigenvalue weighted by atomic mass is 16.5. The first kappa shape index (κ1) is 9.58. The summed E-state index contributed by atoms with van der Waals surface area (Å²) in [4.78, 5) is 10.2. The number of benzene rings is 1. The van der Waals surface area contributed by atoms with Crippen molar-refractivity contribution in [1.29, 1.82) is 0 Å². The lowest BCUT2D eigenvalue weighted by Crippen LogP contribution is -2.01. The Hall–Kier alpha value is -1.51. The number of carboxylic acids is 1. The van der Waals surface area contributed by atoms with Gasteiger partial charge in [0.25, 0.3) is 0 Å². The predicted molar refractivity (Wildman–Crippen MR) is 47.6 cm³/mol. The Balaban J connectivity index is 2.17. The molecular weight excluding hydrogens is 168 g/mol. The summed E-state index contributed by atoms with van der Waals surface area (Å²) < 4.78 is 5.27. The molecule has 0 unspecified atom stereocenters. The molecule has 0 bridgehead atoms. The Labute approximate surface area is 77.0 Å². The first-order valence-corrected chi connectivity index (χ1v) is 4.10. The lowest BCUT2D eigenvalue weighted by Gasteiger charge is -2.03. The minimum atomic E-state index is -0.787. The van der Waals surface area contributed by atoms with Gasteiger partial charge in [0, 0.05) is 6.42 Å². The van der Waals surface area contributed by atoms with Crippen LogP contribution in [0.15, 0.2) is 24.3 Å². The van der Waals surface area contributed by atoms with Crippen LogP contribution in [0.5, 0.6) is 5.75 Å². The third-order valence-corrected chi connectivity index (χ3v) is 1.49. The van der Waals surface area contributed by atoms with E-state index in [1.807, 2.05) is 0 Å². The minimum Gasteiger partial charge on any atom is -0.494 e. The van der Waals surface area contributed by atoms with Gasteiger partial charge >= 0.3 is 5.97 Å². The van der Waals surface area contributed by atoms with Gasteiger partial charge < -0.3 is 9.84 Å². The lowest BCUT2D eigenvalue weighted by atomic mass is 10.3. The van der Waals surface area contributed by atoms with Crippen LogP contribution in [0.1, 0.15) is 12.8 Å². The molecule has 13 heavy (non-hydrogen) atoms. The number of rotatable bonds is 5. The molecule has 0 saturated heterocycles. The van der Waals surface area contributed by atoms with Crippen LogP contribution in [-0.4, -0.2) is 17.7 Å². The van der Waals surface area contributed by atoms with Gasteiger partial charge in [-0.05, 0) is 24.6 Å². The molecule has 0 spiro atoms. The molecule has 1 radical (unpaired) electrons. The van der Waals surface area contributed by atoms with Gasteiger partial charge in [-0.25, -0.2) is 0 Å². The maximum Gasteiger partial charge on any atom is 0.303 e. The highest BCUT2D eigenvalue weighted by Gasteiger charge is 1.96. The van der Waals surface area contributed by atoms with Crippen LogP contribution in [0.2, 0.25) is 0 Å². The minimum absolute atomic E-state index is 0.152. The van der Waals surface area contributed by atoms with Gasteiger partial charge in [-0.3, -0.25) is 4.79 Å². The summed E-state index contributed by atoms with van der Waals surface area (Å²) in [5, 5.41) is 8.35. The van der Waals surface area contributed by atoms with Gasteiger partial charge in [0.2, 0.25) is 0 Å². The molecule has 3 nitrogen and oxygen atoms in total. The fourth-order valence-electron chi connectivity index (χ4n) is 0.881. The normalized spacial score (nSPS) is 9.54. The number of hydrogen-bond acceptors (Lipinski definition) is 2. The number of carboxylic acid groups (broad SMARTS) is 1. The van der Waals surface area contributed by atoms with Gasteiger partial charge in [-0.1, -0.05) is 12.1 Å².